The summed E-state index contributed by atoms with van der Waals surface area (Å²) in [6.07, 6.45) is 4.55. The van der Waals surface area contributed by atoms with Crippen molar-refractivity contribution in [3.05, 3.63) is 36.5 Å². The van der Waals surface area contributed by atoms with E-state index in [9.17, 15) is 0 Å². The van der Waals surface area contributed by atoms with E-state index in [2.05, 4.69) is 16.9 Å². The van der Waals surface area contributed by atoms with Crippen LogP contribution in [0, 0.1) is 6.92 Å². The van der Waals surface area contributed by atoms with Crippen molar-refractivity contribution in [1.82, 2.24) is 4.98 Å². The van der Waals surface area contributed by atoms with Gasteiger partial charge < -0.3 is 10.1 Å². The molecule has 0 amide bonds. The molecular weight excluding hydrogens is 188 g/mol. The van der Waals surface area contributed by atoms with Crippen LogP contribution in [-0.2, 0) is 4.74 Å². The number of aryl methyl sites for hydroxylation is 1. The molecule has 0 saturated heterocycles. The monoisotopic (exact) mass is 206 g/mol. The number of nitrogens with zero attached hydrogens (tertiary/aromatic N) is 1. The number of nitrogens with one attached hydrogen (secondary N) is 1. The molecule has 0 saturated carbocycles. The minimum Gasteiger partial charge on any atom is -0.379 e. The molecule has 0 unspecified atom stereocenters. The van der Waals surface area contributed by atoms with Crippen molar-refractivity contribution in [3.63, 3.8) is 0 Å². The molecule has 0 aliphatic carbocycles. The number of rotatable bonds is 7. The van der Waals surface area contributed by atoms with Gasteiger partial charge in [0.05, 0.1) is 13.2 Å². The average molecular weight is 206 g/mol. The van der Waals surface area contributed by atoms with Crippen LogP contribution in [0.25, 0.3) is 0 Å². The number of aromatic nitrogens is 1. The quantitative estimate of drug-likeness (QED) is 0.549. The van der Waals surface area contributed by atoms with E-state index in [4.69, 9.17) is 4.74 Å². The summed E-state index contributed by atoms with van der Waals surface area (Å²) in [6, 6.07) is 3.97. The number of ether oxygens (including phenoxy) is 1. The lowest BCUT2D eigenvalue weighted by atomic mass is 10.3. The summed E-state index contributed by atoms with van der Waals surface area (Å²) in [7, 11) is 0. The predicted octanol–water partition coefficient (Wildman–Crippen LogP) is 2.39. The first kappa shape index (κ1) is 11.7. The van der Waals surface area contributed by atoms with E-state index in [1.54, 1.807) is 6.20 Å². The summed E-state index contributed by atoms with van der Waals surface area (Å²) in [5.41, 5.74) is 1.16. The molecule has 0 radical (unpaired) electrons. The second kappa shape index (κ2) is 7.01. The summed E-state index contributed by atoms with van der Waals surface area (Å²) < 4.78 is 5.37. The molecule has 1 N–H and O–H groups in total. The molecule has 0 aromatic carbocycles. The Bertz CT molecular complexity index is 299. The van der Waals surface area contributed by atoms with Gasteiger partial charge in [0, 0.05) is 12.7 Å². The Hall–Kier alpha value is -1.35. The first-order chi connectivity index (χ1) is 7.34. The highest BCUT2D eigenvalue weighted by molar-refractivity contribution is 5.42. The Balaban J connectivity index is 2.15. The van der Waals surface area contributed by atoms with Crippen LogP contribution in [0.1, 0.15) is 12.0 Å². The van der Waals surface area contributed by atoms with E-state index in [0.717, 1.165) is 31.0 Å². The molecule has 0 spiro atoms. The maximum absolute atomic E-state index is 5.37. The third-order valence-corrected chi connectivity index (χ3v) is 2.01. The van der Waals surface area contributed by atoms with Crippen LogP contribution in [0.4, 0.5) is 5.82 Å². The van der Waals surface area contributed by atoms with Crippen molar-refractivity contribution in [2.24, 2.45) is 0 Å². The highest BCUT2D eigenvalue weighted by Gasteiger charge is 1.96. The van der Waals surface area contributed by atoms with Crippen molar-refractivity contribution < 1.29 is 4.74 Å². The van der Waals surface area contributed by atoms with E-state index in [1.165, 1.54) is 0 Å². The van der Waals surface area contributed by atoms with E-state index in [0.29, 0.717) is 6.61 Å². The number of pyridine rings is 1. The van der Waals surface area contributed by atoms with Crippen molar-refractivity contribution in [3.8, 4) is 0 Å². The second-order valence-corrected chi connectivity index (χ2v) is 3.29. The molecule has 0 fully saturated rings. The Labute approximate surface area is 91.2 Å². The van der Waals surface area contributed by atoms with E-state index in [1.807, 2.05) is 25.1 Å². The van der Waals surface area contributed by atoms with E-state index >= 15 is 0 Å². The zero-order chi connectivity index (χ0) is 10.9. The maximum atomic E-state index is 5.37. The summed E-state index contributed by atoms with van der Waals surface area (Å²) in [5, 5.41) is 3.23. The Morgan fingerprint density at radius 1 is 1.53 bits per heavy atom. The SMILES string of the molecule is C=CCCOCCNc1ncccc1C. The van der Waals surface area contributed by atoms with Gasteiger partial charge in [-0.1, -0.05) is 12.1 Å². The molecule has 1 aromatic rings. The predicted molar refractivity (Wildman–Crippen MR) is 63.1 cm³/mol. The lowest BCUT2D eigenvalue weighted by Gasteiger charge is -2.07. The van der Waals surface area contributed by atoms with Gasteiger partial charge in [-0.05, 0) is 25.0 Å². The third kappa shape index (κ3) is 4.61. The largest absolute Gasteiger partial charge is 0.379 e. The summed E-state index contributed by atoms with van der Waals surface area (Å²) in [6.45, 7) is 7.90. The van der Waals surface area contributed by atoms with Crippen molar-refractivity contribution in [2.75, 3.05) is 25.1 Å². The zero-order valence-corrected chi connectivity index (χ0v) is 9.20. The van der Waals surface area contributed by atoms with Crippen LogP contribution < -0.4 is 5.32 Å². The molecule has 3 heteroatoms. The highest BCUT2D eigenvalue weighted by atomic mass is 16.5. The van der Waals surface area contributed by atoms with Gasteiger partial charge in [0.25, 0.3) is 0 Å². The van der Waals surface area contributed by atoms with E-state index in [-0.39, 0.29) is 0 Å². The molecule has 1 rings (SSSR count). The van der Waals surface area contributed by atoms with Crippen LogP contribution in [0.15, 0.2) is 31.0 Å². The van der Waals surface area contributed by atoms with Gasteiger partial charge in [-0.25, -0.2) is 4.98 Å². The molecule has 0 atom stereocenters. The summed E-state index contributed by atoms with van der Waals surface area (Å²) in [5.74, 6) is 0.935. The van der Waals surface area contributed by atoms with Crippen LogP contribution in [-0.4, -0.2) is 24.7 Å². The summed E-state index contributed by atoms with van der Waals surface area (Å²) >= 11 is 0. The Morgan fingerprint density at radius 2 is 2.40 bits per heavy atom. The molecule has 0 bridgehead atoms. The van der Waals surface area contributed by atoms with Crippen LogP contribution in [0.2, 0.25) is 0 Å². The van der Waals surface area contributed by atoms with Crippen LogP contribution >= 0.6 is 0 Å². The van der Waals surface area contributed by atoms with Crippen LogP contribution in [0.5, 0.6) is 0 Å². The number of hydrogen-bond donors (Lipinski definition) is 1. The molecule has 0 aliphatic heterocycles. The lowest BCUT2D eigenvalue weighted by molar-refractivity contribution is 0.149. The number of hydrogen-bond acceptors (Lipinski definition) is 3. The fourth-order valence-electron chi connectivity index (χ4n) is 1.18. The fraction of sp³-hybridized carbons (Fsp3) is 0.417. The van der Waals surface area contributed by atoms with Gasteiger partial charge in [-0.15, -0.1) is 6.58 Å². The molecule has 15 heavy (non-hydrogen) atoms. The topological polar surface area (TPSA) is 34.1 Å². The molecule has 1 heterocycles. The van der Waals surface area contributed by atoms with Crippen molar-refractivity contribution in [2.45, 2.75) is 13.3 Å². The Kier molecular flexibility index (Phi) is 5.48. The van der Waals surface area contributed by atoms with Crippen molar-refractivity contribution in [1.29, 1.82) is 0 Å². The van der Waals surface area contributed by atoms with Gasteiger partial charge in [0.15, 0.2) is 0 Å². The van der Waals surface area contributed by atoms with Gasteiger partial charge in [-0.2, -0.15) is 0 Å². The van der Waals surface area contributed by atoms with Gasteiger partial charge >= 0.3 is 0 Å². The highest BCUT2D eigenvalue weighted by Crippen LogP contribution is 2.07. The number of anilines is 1. The summed E-state index contributed by atoms with van der Waals surface area (Å²) in [4.78, 5) is 4.23. The van der Waals surface area contributed by atoms with Gasteiger partial charge in [0.1, 0.15) is 5.82 Å². The minimum atomic E-state index is 0.698. The molecule has 3 nitrogen and oxygen atoms in total. The second-order valence-electron chi connectivity index (χ2n) is 3.29. The minimum absolute atomic E-state index is 0.698. The van der Waals surface area contributed by atoms with Gasteiger partial charge in [-0.3, -0.25) is 0 Å². The van der Waals surface area contributed by atoms with Crippen molar-refractivity contribution >= 4 is 5.82 Å². The molecular formula is C12H18N2O. The first-order valence-corrected chi connectivity index (χ1v) is 5.18. The molecule has 0 aliphatic rings. The molecule has 1 aromatic heterocycles. The maximum Gasteiger partial charge on any atom is 0.128 e. The third-order valence-electron chi connectivity index (χ3n) is 2.01. The molecule has 82 valence electrons. The van der Waals surface area contributed by atoms with E-state index < -0.39 is 0 Å². The normalized spacial score (nSPS) is 9.93. The zero-order valence-electron chi connectivity index (χ0n) is 9.20. The fourth-order valence-corrected chi connectivity index (χ4v) is 1.18. The lowest BCUT2D eigenvalue weighted by Crippen LogP contribution is -2.11. The Morgan fingerprint density at radius 3 is 3.13 bits per heavy atom. The average Bonchev–Trinajstić information content (AvgIpc) is 2.25. The first-order valence-electron chi connectivity index (χ1n) is 5.18. The smallest absolute Gasteiger partial charge is 0.128 e. The van der Waals surface area contributed by atoms with Crippen LogP contribution in [0.3, 0.4) is 0 Å². The van der Waals surface area contributed by atoms with Gasteiger partial charge in [0.2, 0.25) is 0 Å². The standard InChI is InChI=1S/C12H18N2O/c1-3-4-9-15-10-8-14-12-11(2)6-5-7-13-12/h3,5-7H,1,4,8-10H2,2H3,(H,13,14).